The summed E-state index contributed by atoms with van der Waals surface area (Å²) in [7, 11) is 0. The summed E-state index contributed by atoms with van der Waals surface area (Å²) >= 11 is 0. The summed E-state index contributed by atoms with van der Waals surface area (Å²) in [6.07, 6.45) is -1.12. The Bertz CT molecular complexity index is 1250. The van der Waals surface area contributed by atoms with Gasteiger partial charge in [0.1, 0.15) is 17.5 Å². The Kier molecular flexibility index (Phi) is 5.46. The first kappa shape index (κ1) is 21.6. The van der Waals surface area contributed by atoms with Crippen LogP contribution in [0, 0.1) is 11.7 Å². The lowest BCUT2D eigenvalue weighted by Crippen LogP contribution is -2.37. The summed E-state index contributed by atoms with van der Waals surface area (Å²) in [6.45, 7) is -0.571. The molecule has 3 atom stereocenters. The molecule has 2 aliphatic heterocycles. The maximum Gasteiger partial charge on any atom is 0.341 e. The minimum Gasteiger partial charge on any atom is -0.482 e. The van der Waals surface area contributed by atoms with Crippen molar-refractivity contribution in [2.75, 3.05) is 16.6 Å². The molecule has 2 saturated heterocycles. The molecule has 0 aromatic heterocycles. The predicted octanol–water partition coefficient (Wildman–Crippen LogP) is 3.34. The van der Waals surface area contributed by atoms with Crippen LogP contribution in [-0.2, 0) is 19.2 Å². The SMILES string of the molecule is O=C(O)COc1ccccc1[C@@H]1[C@@H]2C(=O)N(c3ccc(F)cc3)C(=O)[C@H]2ON1c1ccccc1. The largest absolute Gasteiger partial charge is 0.482 e. The number of anilines is 2. The number of ether oxygens (including phenoxy) is 1. The van der Waals surface area contributed by atoms with E-state index in [-0.39, 0.29) is 11.4 Å². The van der Waals surface area contributed by atoms with Crippen molar-refractivity contribution >= 4 is 29.2 Å². The van der Waals surface area contributed by atoms with Gasteiger partial charge in [-0.05, 0) is 42.5 Å². The van der Waals surface area contributed by atoms with Gasteiger partial charge in [-0.15, -0.1) is 0 Å². The van der Waals surface area contributed by atoms with Gasteiger partial charge in [-0.2, -0.15) is 0 Å². The molecule has 2 aliphatic rings. The second-order valence-corrected chi connectivity index (χ2v) is 7.87. The zero-order chi connectivity index (χ0) is 23.8. The maximum atomic E-state index is 13.6. The number of carboxylic acid groups (broad SMARTS) is 1. The van der Waals surface area contributed by atoms with E-state index in [1.165, 1.54) is 29.3 Å². The summed E-state index contributed by atoms with van der Waals surface area (Å²) in [5, 5.41) is 10.6. The Balaban J connectivity index is 1.59. The summed E-state index contributed by atoms with van der Waals surface area (Å²) in [6, 6.07) is 20.0. The fourth-order valence-corrected chi connectivity index (χ4v) is 4.37. The molecule has 9 heteroatoms. The van der Waals surface area contributed by atoms with E-state index in [1.54, 1.807) is 48.5 Å². The van der Waals surface area contributed by atoms with Crippen molar-refractivity contribution in [1.29, 1.82) is 0 Å². The molecule has 0 unspecified atom stereocenters. The zero-order valence-corrected chi connectivity index (χ0v) is 17.7. The summed E-state index contributed by atoms with van der Waals surface area (Å²) in [5.74, 6) is -3.37. The highest BCUT2D eigenvalue weighted by Gasteiger charge is 2.60. The highest BCUT2D eigenvalue weighted by molar-refractivity contribution is 6.23. The van der Waals surface area contributed by atoms with Crippen molar-refractivity contribution in [2.45, 2.75) is 12.1 Å². The number of amides is 2. The Morgan fingerprint density at radius 3 is 2.29 bits per heavy atom. The van der Waals surface area contributed by atoms with Crippen LogP contribution in [0.3, 0.4) is 0 Å². The fraction of sp³-hybridized carbons (Fsp3) is 0.160. The van der Waals surface area contributed by atoms with Crippen LogP contribution in [0.1, 0.15) is 11.6 Å². The van der Waals surface area contributed by atoms with Crippen LogP contribution in [0.4, 0.5) is 15.8 Å². The van der Waals surface area contributed by atoms with Crippen LogP contribution in [-0.4, -0.2) is 35.6 Å². The van der Waals surface area contributed by atoms with Gasteiger partial charge in [0, 0.05) is 5.56 Å². The monoisotopic (exact) mass is 462 g/mol. The normalized spacial score (nSPS) is 21.6. The van der Waals surface area contributed by atoms with E-state index in [0.717, 1.165) is 4.90 Å². The van der Waals surface area contributed by atoms with Gasteiger partial charge in [0.15, 0.2) is 12.7 Å². The van der Waals surface area contributed by atoms with Crippen molar-refractivity contribution in [3.05, 3.63) is 90.2 Å². The van der Waals surface area contributed by atoms with Crippen molar-refractivity contribution in [1.82, 2.24) is 0 Å². The second kappa shape index (κ2) is 8.60. The van der Waals surface area contributed by atoms with Crippen molar-refractivity contribution in [3.63, 3.8) is 0 Å². The molecule has 1 N–H and O–H groups in total. The van der Waals surface area contributed by atoms with Crippen molar-refractivity contribution in [3.8, 4) is 5.75 Å². The van der Waals surface area contributed by atoms with Crippen LogP contribution >= 0.6 is 0 Å². The number of para-hydroxylation sites is 2. The molecule has 0 aliphatic carbocycles. The van der Waals surface area contributed by atoms with Crippen molar-refractivity contribution in [2.24, 2.45) is 5.92 Å². The first-order chi connectivity index (χ1) is 16.5. The lowest BCUT2D eigenvalue weighted by molar-refractivity contribution is -0.139. The number of nitrogens with zero attached hydrogens (tertiary/aromatic N) is 2. The summed E-state index contributed by atoms with van der Waals surface area (Å²) < 4.78 is 18.9. The van der Waals surface area contributed by atoms with Gasteiger partial charge < -0.3 is 9.84 Å². The molecule has 0 spiro atoms. The molecule has 0 bridgehead atoms. The molecular formula is C25H19FN2O6. The number of carboxylic acids is 1. The summed E-state index contributed by atoms with van der Waals surface area (Å²) in [4.78, 5) is 45.0. The van der Waals surface area contributed by atoms with E-state index in [1.807, 2.05) is 6.07 Å². The number of halogens is 1. The third-order valence-electron chi connectivity index (χ3n) is 5.80. The van der Waals surface area contributed by atoms with Crippen LogP contribution in [0.5, 0.6) is 5.75 Å². The van der Waals surface area contributed by atoms with E-state index in [2.05, 4.69) is 0 Å². The molecule has 8 nitrogen and oxygen atoms in total. The summed E-state index contributed by atoms with van der Waals surface area (Å²) in [5.41, 5.74) is 1.36. The molecule has 34 heavy (non-hydrogen) atoms. The maximum absolute atomic E-state index is 13.6. The average molecular weight is 462 g/mol. The molecule has 5 rings (SSSR count). The molecule has 0 saturated carbocycles. The molecule has 2 heterocycles. The van der Waals surface area contributed by atoms with Crippen LogP contribution < -0.4 is 14.7 Å². The number of hydroxylamine groups is 1. The smallest absolute Gasteiger partial charge is 0.341 e. The van der Waals surface area contributed by atoms with Gasteiger partial charge in [0.2, 0.25) is 5.91 Å². The van der Waals surface area contributed by atoms with Gasteiger partial charge in [-0.3, -0.25) is 14.4 Å². The molecule has 3 aromatic rings. The predicted molar refractivity (Wildman–Crippen MR) is 118 cm³/mol. The van der Waals surface area contributed by atoms with E-state index in [0.29, 0.717) is 11.3 Å². The number of benzene rings is 3. The number of imide groups is 1. The topological polar surface area (TPSA) is 96.4 Å². The van der Waals surface area contributed by atoms with Crippen LogP contribution in [0.25, 0.3) is 0 Å². The third-order valence-corrected chi connectivity index (χ3v) is 5.80. The Labute approximate surface area is 193 Å². The van der Waals surface area contributed by atoms with Crippen LogP contribution in [0.15, 0.2) is 78.9 Å². The van der Waals surface area contributed by atoms with Gasteiger partial charge in [-0.25, -0.2) is 19.1 Å². The van der Waals surface area contributed by atoms with E-state index in [4.69, 9.17) is 14.7 Å². The van der Waals surface area contributed by atoms with Crippen molar-refractivity contribution < 1.29 is 33.5 Å². The number of fused-ring (bicyclic) bond motifs is 1. The number of rotatable bonds is 6. The minimum absolute atomic E-state index is 0.245. The Morgan fingerprint density at radius 1 is 0.912 bits per heavy atom. The molecule has 2 amide bonds. The zero-order valence-electron chi connectivity index (χ0n) is 17.7. The van der Waals surface area contributed by atoms with E-state index >= 15 is 0 Å². The Morgan fingerprint density at radius 2 is 1.59 bits per heavy atom. The van der Waals surface area contributed by atoms with Gasteiger partial charge >= 0.3 is 5.97 Å². The standard InChI is InChI=1S/C25H19FN2O6/c26-15-10-12-16(13-11-15)27-24(31)21-22(18-8-4-5-9-19(18)33-14-20(29)30)28(34-23(21)25(27)32)17-6-2-1-3-7-17/h1-13,21-23H,14H2,(H,29,30)/t21-,22+,23-/m0/s1. The number of aliphatic carboxylic acids is 1. The Hall–Kier alpha value is -4.24. The lowest BCUT2D eigenvalue weighted by atomic mass is 9.90. The number of carbonyl (C=O) groups excluding carboxylic acids is 2. The highest BCUT2D eigenvalue weighted by atomic mass is 19.1. The molecule has 0 radical (unpaired) electrons. The minimum atomic E-state index is -1.15. The fourth-order valence-electron chi connectivity index (χ4n) is 4.37. The van der Waals surface area contributed by atoms with Gasteiger partial charge in [0.05, 0.1) is 17.4 Å². The quantitative estimate of drug-likeness (QED) is 0.562. The van der Waals surface area contributed by atoms with Crippen LogP contribution in [0.2, 0.25) is 0 Å². The average Bonchev–Trinajstić information content (AvgIpc) is 3.35. The molecule has 2 fully saturated rings. The first-order valence-electron chi connectivity index (χ1n) is 10.5. The van der Waals surface area contributed by atoms with Gasteiger partial charge in [0.25, 0.3) is 5.91 Å². The number of hydrogen-bond acceptors (Lipinski definition) is 6. The van der Waals surface area contributed by atoms with E-state index in [9.17, 15) is 18.8 Å². The molecular weight excluding hydrogens is 443 g/mol. The third kappa shape index (κ3) is 3.65. The highest BCUT2D eigenvalue weighted by Crippen LogP contribution is 2.49. The lowest BCUT2D eigenvalue weighted by Gasteiger charge is -2.29. The van der Waals surface area contributed by atoms with Gasteiger partial charge in [-0.1, -0.05) is 36.4 Å². The molecule has 3 aromatic carbocycles. The first-order valence-corrected chi connectivity index (χ1v) is 10.5. The second-order valence-electron chi connectivity index (χ2n) is 7.87. The number of carbonyl (C=O) groups is 3. The van der Waals surface area contributed by atoms with E-state index < -0.39 is 48.3 Å². The number of hydrogen-bond donors (Lipinski definition) is 1. The molecule has 172 valence electrons.